The van der Waals surface area contributed by atoms with Gasteiger partial charge < -0.3 is 10.1 Å². The molecule has 0 aromatic carbocycles. The zero-order valence-corrected chi connectivity index (χ0v) is 11.2. The van der Waals surface area contributed by atoms with E-state index in [-0.39, 0.29) is 11.5 Å². The van der Waals surface area contributed by atoms with Crippen molar-refractivity contribution >= 4 is 28.8 Å². The van der Waals surface area contributed by atoms with Crippen LogP contribution in [0.4, 0.5) is 0 Å². The second-order valence-electron chi connectivity index (χ2n) is 4.07. The molecule has 0 atom stereocenters. The minimum atomic E-state index is -0.216. The van der Waals surface area contributed by atoms with E-state index in [2.05, 4.69) is 5.32 Å². The van der Waals surface area contributed by atoms with Crippen molar-refractivity contribution in [3.63, 3.8) is 0 Å². The van der Waals surface area contributed by atoms with Gasteiger partial charge in [0.25, 0.3) is 5.91 Å². The van der Waals surface area contributed by atoms with Gasteiger partial charge in [-0.1, -0.05) is 11.6 Å². The minimum absolute atomic E-state index is 0.119. The number of methoxy groups -OCH3 is 1. The Balaban J connectivity index is 2.40. The fourth-order valence-corrected chi connectivity index (χ4v) is 2.17. The Labute approximate surface area is 105 Å². The summed E-state index contributed by atoms with van der Waals surface area (Å²) in [6.07, 6.45) is 0.762. The Bertz CT molecular complexity index is 363. The Hall–Kier alpha value is -0.580. The lowest BCUT2D eigenvalue weighted by Crippen LogP contribution is -2.31. The molecule has 0 aliphatic rings. The van der Waals surface area contributed by atoms with Crippen molar-refractivity contribution in [1.82, 2.24) is 5.32 Å². The number of nitrogens with one attached hydrogen (secondary N) is 1. The zero-order chi connectivity index (χ0) is 12.2. The number of amides is 1. The fourth-order valence-electron chi connectivity index (χ4n) is 1.12. The van der Waals surface area contributed by atoms with Crippen LogP contribution in [0.2, 0.25) is 5.02 Å². The van der Waals surface area contributed by atoms with E-state index in [1.165, 1.54) is 11.3 Å². The van der Waals surface area contributed by atoms with Crippen molar-refractivity contribution in [2.45, 2.75) is 25.9 Å². The predicted octanol–water partition coefficient (Wildman–Crippen LogP) is 2.95. The van der Waals surface area contributed by atoms with Crippen LogP contribution in [0.3, 0.4) is 0 Å². The second kappa shape index (κ2) is 5.66. The van der Waals surface area contributed by atoms with E-state index >= 15 is 0 Å². The van der Waals surface area contributed by atoms with Crippen LogP contribution in [0.15, 0.2) is 11.4 Å². The smallest absolute Gasteiger partial charge is 0.262 e. The van der Waals surface area contributed by atoms with Crippen LogP contribution in [-0.4, -0.2) is 25.2 Å². The molecule has 90 valence electrons. The first kappa shape index (κ1) is 13.5. The van der Waals surface area contributed by atoms with Crippen LogP contribution >= 0.6 is 22.9 Å². The van der Waals surface area contributed by atoms with Gasteiger partial charge in [-0.05, 0) is 31.7 Å². The molecule has 1 amide bonds. The predicted molar refractivity (Wildman–Crippen MR) is 67.4 cm³/mol. The van der Waals surface area contributed by atoms with E-state index in [1.54, 1.807) is 18.6 Å². The average Bonchev–Trinajstić information content (AvgIpc) is 2.64. The van der Waals surface area contributed by atoms with E-state index in [1.807, 2.05) is 13.8 Å². The molecule has 0 saturated carbocycles. The number of ether oxygens (including phenoxy) is 1. The fraction of sp³-hybridized carbons (Fsp3) is 0.545. The molecule has 0 aliphatic heterocycles. The maximum atomic E-state index is 11.7. The molecule has 0 radical (unpaired) electrons. The Kier molecular flexibility index (Phi) is 4.77. The molecule has 3 nitrogen and oxygen atoms in total. The molecule has 0 unspecified atom stereocenters. The molecule has 0 saturated heterocycles. The van der Waals surface area contributed by atoms with Crippen molar-refractivity contribution in [3.8, 4) is 0 Å². The Morgan fingerprint density at radius 3 is 2.81 bits per heavy atom. The molecular formula is C11H16ClNO2S. The summed E-state index contributed by atoms with van der Waals surface area (Å²) in [5.74, 6) is -0.119. The van der Waals surface area contributed by atoms with Gasteiger partial charge in [0, 0.05) is 13.7 Å². The Morgan fingerprint density at radius 2 is 2.31 bits per heavy atom. The normalized spacial score (nSPS) is 11.5. The minimum Gasteiger partial charge on any atom is -0.379 e. The summed E-state index contributed by atoms with van der Waals surface area (Å²) in [5.41, 5.74) is -0.216. The third kappa shape index (κ3) is 3.77. The lowest BCUT2D eigenvalue weighted by atomic mass is 10.1. The molecule has 1 rings (SSSR count). The highest BCUT2D eigenvalue weighted by atomic mass is 35.5. The second-order valence-corrected chi connectivity index (χ2v) is 5.39. The third-order valence-corrected chi connectivity index (χ3v) is 3.73. The molecule has 1 N–H and O–H groups in total. The van der Waals surface area contributed by atoms with Gasteiger partial charge in [0.05, 0.1) is 10.6 Å². The van der Waals surface area contributed by atoms with E-state index in [0.29, 0.717) is 16.4 Å². The van der Waals surface area contributed by atoms with Crippen molar-refractivity contribution in [2.75, 3.05) is 13.7 Å². The highest BCUT2D eigenvalue weighted by Crippen LogP contribution is 2.21. The molecule has 16 heavy (non-hydrogen) atoms. The molecule has 0 spiro atoms. The van der Waals surface area contributed by atoms with Gasteiger partial charge in [0.2, 0.25) is 0 Å². The van der Waals surface area contributed by atoms with Crippen LogP contribution in [0, 0.1) is 0 Å². The first-order valence-corrected chi connectivity index (χ1v) is 6.28. The van der Waals surface area contributed by atoms with Crippen molar-refractivity contribution < 1.29 is 9.53 Å². The van der Waals surface area contributed by atoms with E-state index < -0.39 is 0 Å². The summed E-state index contributed by atoms with van der Waals surface area (Å²) < 4.78 is 5.26. The molecule has 0 fully saturated rings. The van der Waals surface area contributed by atoms with Crippen LogP contribution in [0.5, 0.6) is 0 Å². The highest BCUT2D eigenvalue weighted by molar-refractivity contribution is 7.12. The summed E-state index contributed by atoms with van der Waals surface area (Å²) in [7, 11) is 1.66. The van der Waals surface area contributed by atoms with Gasteiger partial charge in [-0.25, -0.2) is 0 Å². The first-order valence-electron chi connectivity index (χ1n) is 5.02. The zero-order valence-electron chi connectivity index (χ0n) is 9.67. The number of rotatable bonds is 5. The maximum Gasteiger partial charge on any atom is 0.262 e. The van der Waals surface area contributed by atoms with Crippen LogP contribution < -0.4 is 5.32 Å². The van der Waals surface area contributed by atoms with Gasteiger partial charge in [-0.3, -0.25) is 4.79 Å². The van der Waals surface area contributed by atoms with Crippen LogP contribution in [0.25, 0.3) is 0 Å². The van der Waals surface area contributed by atoms with Gasteiger partial charge in [0.1, 0.15) is 4.88 Å². The standard InChI is InChI=1S/C11H16ClNO2S/c1-11(2,15-3)5-6-13-10(14)9-8(12)4-7-16-9/h4,7H,5-6H2,1-3H3,(H,13,14). The van der Waals surface area contributed by atoms with Crippen LogP contribution in [0.1, 0.15) is 29.9 Å². The number of carbonyl (C=O) groups is 1. The van der Waals surface area contributed by atoms with E-state index in [0.717, 1.165) is 6.42 Å². The summed E-state index contributed by atoms with van der Waals surface area (Å²) in [6.45, 7) is 4.54. The number of halogens is 1. The van der Waals surface area contributed by atoms with Crippen molar-refractivity contribution in [1.29, 1.82) is 0 Å². The number of hydrogen-bond donors (Lipinski definition) is 1. The quantitative estimate of drug-likeness (QED) is 0.885. The summed E-state index contributed by atoms with van der Waals surface area (Å²) in [6, 6.07) is 1.72. The first-order chi connectivity index (χ1) is 7.46. The molecule has 1 heterocycles. The SMILES string of the molecule is COC(C)(C)CCNC(=O)c1sccc1Cl. The summed E-state index contributed by atoms with van der Waals surface area (Å²) in [4.78, 5) is 12.2. The Morgan fingerprint density at radius 1 is 1.62 bits per heavy atom. The monoisotopic (exact) mass is 261 g/mol. The lowest BCUT2D eigenvalue weighted by Gasteiger charge is -2.22. The molecule has 5 heteroatoms. The van der Waals surface area contributed by atoms with E-state index in [9.17, 15) is 4.79 Å². The largest absolute Gasteiger partial charge is 0.379 e. The van der Waals surface area contributed by atoms with Gasteiger partial charge >= 0.3 is 0 Å². The molecular weight excluding hydrogens is 246 g/mol. The van der Waals surface area contributed by atoms with Gasteiger partial charge in [-0.2, -0.15) is 0 Å². The third-order valence-electron chi connectivity index (χ3n) is 2.39. The molecule has 0 bridgehead atoms. The van der Waals surface area contributed by atoms with Crippen molar-refractivity contribution in [3.05, 3.63) is 21.3 Å². The van der Waals surface area contributed by atoms with Crippen molar-refractivity contribution in [2.24, 2.45) is 0 Å². The summed E-state index contributed by atoms with van der Waals surface area (Å²) >= 11 is 7.20. The highest BCUT2D eigenvalue weighted by Gasteiger charge is 2.17. The summed E-state index contributed by atoms with van der Waals surface area (Å²) in [5, 5.41) is 5.13. The number of thiophene rings is 1. The topological polar surface area (TPSA) is 38.3 Å². The molecule has 1 aromatic heterocycles. The van der Waals surface area contributed by atoms with Gasteiger partial charge in [-0.15, -0.1) is 11.3 Å². The molecule has 0 aliphatic carbocycles. The molecule has 1 aromatic rings. The average molecular weight is 262 g/mol. The van der Waals surface area contributed by atoms with E-state index in [4.69, 9.17) is 16.3 Å². The number of hydrogen-bond acceptors (Lipinski definition) is 3. The maximum absolute atomic E-state index is 11.7. The van der Waals surface area contributed by atoms with Crippen LogP contribution in [-0.2, 0) is 4.74 Å². The lowest BCUT2D eigenvalue weighted by molar-refractivity contribution is 0.0160. The number of carbonyl (C=O) groups excluding carboxylic acids is 1. The van der Waals surface area contributed by atoms with Gasteiger partial charge in [0.15, 0.2) is 0 Å².